The molecule has 1 rings (SSSR count). The highest BCUT2D eigenvalue weighted by Gasteiger charge is 2.11. The molecule has 1 aromatic rings. The first kappa shape index (κ1) is 16.4. The molecule has 0 bridgehead atoms. The van der Waals surface area contributed by atoms with Gasteiger partial charge in [-0.1, -0.05) is 13.8 Å². The van der Waals surface area contributed by atoms with Crippen LogP contribution in [0.3, 0.4) is 0 Å². The number of aromatic nitrogens is 1. The van der Waals surface area contributed by atoms with E-state index in [9.17, 15) is 0 Å². The molecule has 1 N–H and O–H groups in total. The van der Waals surface area contributed by atoms with Crippen molar-refractivity contribution < 1.29 is 4.74 Å². The monoisotopic (exact) mass is 285 g/mol. The van der Waals surface area contributed by atoms with Crippen molar-refractivity contribution in [2.75, 3.05) is 38.8 Å². The predicted molar refractivity (Wildman–Crippen MR) is 83.2 cm³/mol. The number of nitrogens with zero attached hydrogens (tertiary/aromatic N) is 2. The SMILES string of the molecule is COCCNCc1sc(N(C)CCC(C)C)nc1C. The molecule has 1 heterocycles. The Morgan fingerprint density at radius 3 is 2.79 bits per heavy atom. The van der Waals surface area contributed by atoms with Gasteiger partial charge in [0, 0.05) is 38.7 Å². The van der Waals surface area contributed by atoms with E-state index < -0.39 is 0 Å². The first-order valence-corrected chi connectivity index (χ1v) is 7.73. The van der Waals surface area contributed by atoms with Crippen LogP contribution in [0.15, 0.2) is 0 Å². The lowest BCUT2D eigenvalue weighted by molar-refractivity contribution is 0.199. The minimum Gasteiger partial charge on any atom is -0.383 e. The van der Waals surface area contributed by atoms with Gasteiger partial charge in [0.1, 0.15) is 0 Å². The van der Waals surface area contributed by atoms with Gasteiger partial charge in [-0.3, -0.25) is 0 Å². The number of hydrogen-bond acceptors (Lipinski definition) is 5. The van der Waals surface area contributed by atoms with Crippen LogP contribution in [0.1, 0.15) is 30.8 Å². The van der Waals surface area contributed by atoms with E-state index in [2.05, 4.69) is 43.0 Å². The minimum atomic E-state index is 0.735. The molecule has 0 unspecified atom stereocenters. The number of hydrogen-bond donors (Lipinski definition) is 1. The fourth-order valence-corrected chi connectivity index (χ4v) is 2.68. The van der Waals surface area contributed by atoms with Gasteiger partial charge in [-0.25, -0.2) is 4.98 Å². The van der Waals surface area contributed by atoms with E-state index in [1.54, 1.807) is 18.4 Å². The molecule has 5 heteroatoms. The largest absolute Gasteiger partial charge is 0.383 e. The van der Waals surface area contributed by atoms with Crippen LogP contribution < -0.4 is 10.2 Å². The number of thiazole rings is 1. The topological polar surface area (TPSA) is 37.4 Å². The third-order valence-corrected chi connectivity index (χ3v) is 4.29. The summed E-state index contributed by atoms with van der Waals surface area (Å²) >= 11 is 1.79. The zero-order valence-corrected chi connectivity index (χ0v) is 13.6. The molecule has 0 fully saturated rings. The molecular weight excluding hydrogens is 258 g/mol. The van der Waals surface area contributed by atoms with E-state index in [1.165, 1.54) is 11.3 Å². The Hall–Kier alpha value is -0.650. The zero-order valence-electron chi connectivity index (χ0n) is 12.8. The highest BCUT2D eigenvalue weighted by Crippen LogP contribution is 2.25. The molecule has 110 valence electrons. The number of methoxy groups -OCH3 is 1. The van der Waals surface area contributed by atoms with E-state index in [0.717, 1.165) is 43.0 Å². The van der Waals surface area contributed by atoms with Gasteiger partial charge in [0.25, 0.3) is 0 Å². The standard InChI is InChI=1S/C14H27N3OS/c1-11(2)6-8-17(4)14-16-12(3)13(19-14)10-15-7-9-18-5/h11,15H,6-10H2,1-5H3. The van der Waals surface area contributed by atoms with Crippen LogP contribution >= 0.6 is 11.3 Å². The molecule has 0 saturated heterocycles. The van der Waals surface area contributed by atoms with E-state index in [-0.39, 0.29) is 0 Å². The van der Waals surface area contributed by atoms with Crippen LogP contribution in [-0.4, -0.2) is 38.8 Å². The Labute approximate surface area is 121 Å². The van der Waals surface area contributed by atoms with E-state index in [0.29, 0.717) is 0 Å². The average Bonchev–Trinajstić information content (AvgIpc) is 2.73. The quantitative estimate of drug-likeness (QED) is 0.708. The maximum atomic E-state index is 5.02. The van der Waals surface area contributed by atoms with Crippen molar-refractivity contribution in [3.63, 3.8) is 0 Å². The molecule has 0 aliphatic heterocycles. The van der Waals surface area contributed by atoms with Gasteiger partial charge < -0.3 is 15.0 Å². The summed E-state index contributed by atoms with van der Waals surface area (Å²) in [7, 11) is 3.85. The van der Waals surface area contributed by atoms with Crippen LogP contribution in [-0.2, 0) is 11.3 Å². The van der Waals surface area contributed by atoms with Gasteiger partial charge in [-0.05, 0) is 19.3 Å². The summed E-state index contributed by atoms with van der Waals surface area (Å²) in [6, 6.07) is 0. The number of aryl methyl sites for hydroxylation is 1. The van der Waals surface area contributed by atoms with Crippen molar-refractivity contribution in [3.8, 4) is 0 Å². The fourth-order valence-electron chi connectivity index (χ4n) is 1.66. The zero-order chi connectivity index (χ0) is 14.3. The minimum absolute atomic E-state index is 0.735. The molecule has 0 radical (unpaired) electrons. The molecule has 0 aliphatic carbocycles. The summed E-state index contributed by atoms with van der Waals surface area (Å²) < 4.78 is 5.02. The smallest absolute Gasteiger partial charge is 0.185 e. The van der Waals surface area contributed by atoms with Crippen LogP contribution in [0.2, 0.25) is 0 Å². The van der Waals surface area contributed by atoms with Crippen molar-refractivity contribution >= 4 is 16.5 Å². The van der Waals surface area contributed by atoms with Gasteiger partial charge in [0.2, 0.25) is 0 Å². The maximum Gasteiger partial charge on any atom is 0.185 e. The summed E-state index contributed by atoms with van der Waals surface area (Å²) in [6.45, 7) is 10.2. The number of rotatable bonds is 9. The summed E-state index contributed by atoms with van der Waals surface area (Å²) in [5, 5.41) is 4.50. The summed E-state index contributed by atoms with van der Waals surface area (Å²) in [6.07, 6.45) is 1.20. The first-order valence-electron chi connectivity index (χ1n) is 6.91. The predicted octanol–water partition coefficient (Wildman–Crippen LogP) is 2.67. The van der Waals surface area contributed by atoms with E-state index in [4.69, 9.17) is 4.74 Å². The highest BCUT2D eigenvalue weighted by atomic mass is 32.1. The lowest BCUT2D eigenvalue weighted by Gasteiger charge is -2.16. The summed E-state index contributed by atoms with van der Waals surface area (Å²) in [5.41, 5.74) is 1.14. The average molecular weight is 285 g/mol. The Kier molecular flexibility index (Phi) is 7.34. The molecule has 0 spiro atoms. The molecule has 0 aliphatic rings. The van der Waals surface area contributed by atoms with Crippen molar-refractivity contribution in [2.24, 2.45) is 5.92 Å². The summed E-state index contributed by atoms with van der Waals surface area (Å²) in [4.78, 5) is 8.24. The molecular formula is C14H27N3OS. The van der Waals surface area contributed by atoms with Crippen molar-refractivity contribution in [1.29, 1.82) is 0 Å². The van der Waals surface area contributed by atoms with Crippen LogP contribution in [0.25, 0.3) is 0 Å². The molecule has 0 atom stereocenters. The number of anilines is 1. The van der Waals surface area contributed by atoms with Gasteiger partial charge in [-0.15, -0.1) is 11.3 Å². The van der Waals surface area contributed by atoms with Crippen LogP contribution in [0, 0.1) is 12.8 Å². The lowest BCUT2D eigenvalue weighted by Crippen LogP contribution is -2.19. The Morgan fingerprint density at radius 2 is 2.16 bits per heavy atom. The maximum absolute atomic E-state index is 5.02. The van der Waals surface area contributed by atoms with E-state index >= 15 is 0 Å². The Bertz CT molecular complexity index is 366. The van der Waals surface area contributed by atoms with E-state index in [1.807, 2.05) is 0 Å². The second-order valence-electron chi connectivity index (χ2n) is 5.28. The van der Waals surface area contributed by atoms with Crippen molar-refractivity contribution in [1.82, 2.24) is 10.3 Å². The van der Waals surface area contributed by atoms with Gasteiger partial charge >= 0.3 is 0 Å². The van der Waals surface area contributed by atoms with Crippen molar-refractivity contribution in [2.45, 2.75) is 33.7 Å². The van der Waals surface area contributed by atoms with Gasteiger partial charge in [-0.2, -0.15) is 0 Å². The van der Waals surface area contributed by atoms with Crippen LogP contribution in [0.5, 0.6) is 0 Å². The molecule has 0 saturated carbocycles. The number of nitrogens with one attached hydrogen (secondary N) is 1. The van der Waals surface area contributed by atoms with Gasteiger partial charge in [0.05, 0.1) is 12.3 Å². The van der Waals surface area contributed by atoms with Gasteiger partial charge in [0.15, 0.2) is 5.13 Å². The first-order chi connectivity index (χ1) is 9.04. The molecule has 19 heavy (non-hydrogen) atoms. The van der Waals surface area contributed by atoms with Crippen LogP contribution in [0.4, 0.5) is 5.13 Å². The van der Waals surface area contributed by atoms with Crippen molar-refractivity contribution in [3.05, 3.63) is 10.6 Å². The normalized spacial score (nSPS) is 11.3. The molecule has 1 aromatic heterocycles. The third kappa shape index (κ3) is 5.89. The fraction of sp³-hybridized carbons (Fsp3) is 0.786. The lowest BCUT2D eigenvalue weighted by atomic mass is 10.1. The second-order valence-corrected chi connectivity index (χ2v) is 6.34. The number of ether oxygens (including phenoxy) is 1. The second kappa shape index (κ2) is 8.51. The highest BCUT2D eigenvalue weighted by molar-refractivity contribution is 7.15. The molecule has 0 amide bonds. The molecule has 0 aromatic carbocycles. The third-order valence-electron chi connectivity index (χ3n) is 3.02. The Morgan fingerprint density at radius 1 is 1.42 bits per heavy atom. The molecule has 4 nitrogen and oxygen atoms in total. The summed E-state index contributed by atoms with van der Waals surface area (Å²) in [5.74, 6) is 0.735. The Balaban J connectivity index is 2.48.